The average Bonchev–Trinajstić information content (AvgIpc) is 3.44. The molecule has 2 aliphatic heterocycles. The van der Waals surface area contributed by atoms with Crippen LogP contribution in [0.2, 0.25) is 0 Å². The molecule has 1 aromatic carbocycles. The summed E-state index contributed by atoms with van der Waals surface area (Å²) in [5.41, 5.74) is 0.00604. The van der Waals surface area contributed by atoms with Crippen molar-refractivity contribution in [2.75, 3.05) is 37.7 Å². The quantitative estimate of drug-likeness (QED) is 0.637. The fourth-order valence-corrected chi connectivity index (χ4v) is 4.60. The molecule has 10 heteroatoms. The van der Waals surface area contributed by atoms with Crippen molar-refractivity contribution in [2.45, 2.75) is 58.0 Å². The number of benzene rings is 1. The van der Waals surface area contributed by atoms with Gasteiger partial charge < -0.3 is 9.64 Å². The SMILES string of the molecule is CC(C)C[C@@H](c1nnnn1C[C@H]1CCCO1)N1CCN(c2cccc(C(F)(F)F)c2)CC1. The number of piperazine rings is 1. The summed E-state index contributed by atoms with van der Waals surface area (Å²) >= 11 is 0. The molecule has 0 bridgehead atoms. The van der Waals surface area contributed by atoms with Gasteiger partial charge in [-0.1, -0.05) is 19.9 Å². The van der Waals surface area contributed by atoms with Crippen molar-refractivity contribution in [2.24, 2.45) is 5.92 Å². The monoisotopic (exact) mass is 452 g/mol. The van der Waals surface area contributed by atoms with Crippen molar-refractivity contribution < 1.29 is 17.9 Å². The number of hydrogen-bond acceptors (Lipinski definition) is 6. The summed E-state index contributed by atoms with van der Waals surface area (Å²) in [6, 6.07) is 5.65. The van der Waals surface area contributed by atoms with Gasteiger partial charge in [0.15, 0.2) is 5.82 Å². The van der Waals surface area contributed by atoms with Gasteiger partial charge in [0, 0.05) is 38.5 Å². The number of ether oxygens (including phenoxy) is 1. The highest BCUT2D eigenvalue weighted by atomic mass is 19.4. The van der Waals surface area contributed by atoms with E-state index in [1.807, 2.05) is 9.58 Å². The lowest BCUT2D eigenvalue weighted by Crippen LogP contribution is -2.48. The Morgan fingerprint density at radius 2 is 1.94 bits per heavy atom. The Morgan fingerprint density at radius 1 is 1.16 bits per heavy atom. The Hall–Kier alpha value is -2.20. The second kappa shape index (κ2) is 9.74. The average molecular weight is 453 g/mol. The minimum absolute atomic E-state index is 0.0649. The second-order valence-corrected chi connectivity index (χ2v) is 9.07. The van der Waals surface area contributed by atoms with E-state index in [1.54, 1.807) is 6.07 Å². The van der Waals surface area contributed by atoms with E-state index in [2.05, 4.69) is 34.3 Å². The topological polar surface area (TPSA) is 59.3 Å². The predicted molar refractivity (Wildman–Crippen MR) is 114 cm³/mol. The molecule has 0 saturated carbocycles. The van der Waals surface area contributed by atoms with Crippen LogP contribution in [-0.4, -0.2) is 64.0 Å². The Morgan fingerprint density at radius 3 is 2.59 bits per heavy atom. The van der Waals surface area contributed by atoms with Gasteiger partial charge in [-0.05, 0) is 53.8 Å². The summed E-state index contributed by atoms with van der Waals surface area (Å²) in [5, 5.41) is 12.5. The molecule has 2 atom stereocenters. The predicted octanol–water partition coefficient (Wildman–Crippen LogP) is 3.78. The third-order valence-corrected chi connectivity index (χ3v) is 6.25. The Balaban J connectivity index is 1.46. The van der Waals surface area contributed by atoms with Crippen molar-refractivity contribution >= 4 is 5.69 Å². The summed E-state index contributed by atoms with van der Waals surface area (Å²) in [6.45, 7) is 8.59. The number of hydrogen-bond donors (Lipinski definition) is 0. The lowest BCUT2D eigenvalue weighted by molar-refractivity contribution is -0.137. The van der Waals surface area contributed by atoms with Gasteiger partial charge in [-0.15, -0.1) is 5.10 Å². The van der Waals surface area contributed by atoms with Gasteiger partial charge in [0.25, 0.3) is 0 Å². The highest BCUT2D eigenvalue weighted by Gasteiger charge is 2.33. The number of anilines is 1. The second-order valence-electron chi connectivity index (χ2n) is 9.07. The molecular formula is C22H31F3N6O. The van der Waals surface area contributed by atoms with E-state index in [0.717, 1.165) is 50.8 Å². The lowest BCUT2D eigenvalue weighted by Gasteiger charge is -2.40. The lowest BCUT2D eigenvalue weighted by atomic mass is 10.0. The molecule has 0 N–H and O–H groups in total. The standard InChI is InChI=1S/C22H31F3N6O/c1-16(2)13-20(21-26-27-28-31(21)15-19-7-4-12-32-19)30-10-8-29(9-11-30)18-6-3-5-17(14-18)22(23,24)25/h3,5-6,14,16,19-20H,4,7-13,15H2,1-2H3/t19-,20+/m1/s1. The molecule has 2 aromatic rings. The highest BCUT2D eigenvalue weighted by molar-refractivity contribution is 5.49. The zero-order valence-electron chi connectivity index (χ0n) is 18.6. The molecule has 0 amide bonds. The molecule has 176 valence electrons. The summed E-state index contributed by atoms with van der Waals surface area (Å²) in [4.78, 5) is 4.38. The van der Waals surface area contributed by atoms with Crippen molar-refractivity contribution in [1.29, 1.82) is 0 Å². The van der Waals surface area contributed by atoms with Crippen LogP contribution in [0.5, 0.6) is 0 Å². The minimum atomic E-state index is -4.33. The first kappa shape index (κ1) is 23.0. The van der Waals surface area contributed by atoms with E-state index in [4.69, 9.17) is 4.74 Å². The number of rotatable bonds is 7. The van der Waals surface area contributed by atoms with Gasteiger partial charge in [-0.3, -0.25) is 4.90 Å². The van der Waals surface area contributed by atoms with Crippen molar-refractivity contribution in [3.63, 3.8) is 0 Å². The number of alkyl halides is 3. The van der Waals surface area contributed by atoms with E-state index in [9.17, 15) is 13.2 Å². The molecule has 3 heterocycles. The van der Waals surface area contributed by atoms with Crippen molar-refractivity contribution in [1.82, 2.24) is 25.1 Å². The van der Waals surface area contributed by atoms with Crippen LogP contribution in [0.3, 0.4) is 0 Å². The van der Waals surface area contributed by atoms with Crippen molar-refractivity contribution in [3.8, 4) is 0 Å². The molecular weight excluding hydrogens is 421 g/mol. The largest absolute Gasteiger partial charge is 0.416 e. The van der Waals surface area contributed by atoms with E-state index in [-0.39, 0.29) is 12.1 Å². The molecule has 2 saturated heterocycles. The zero-order chi connectivity index (χ0) is 22.7. The fraction of sp³-hybridized carbons (Fsp3) is 0.682. The van der Waals surface area contributed by atoms with Gasteiger partial charge in [-0.2, -0.15) is 13.2 Å². The summed E-state index contributed by atoms with van der Waals surface area (Å²) in [5.74, 6) is 1.30. The molecule has 0 aliphatic carbocycles. The zero-order valence-corrected chi connectivity index (χ0v) is 18.6. The van der Waals surface area contributed by atoms with Crippen LogP contribution in [0.4, 0.5) is 18.9 Å². The Kier molecular flexibility index (Phi) is 6.99. The Labute approximate surface area is 186 Å². The maximum Gasteiger partial charge on any atom is 0.416 e. The first-order chi connectivity index (χ1) is 15.3. The van der Waals surface area contributed by atoms with Gasteiger partial charge in [0.1, 0.15) is 0 Å². The van der Waals surface area contributed by atoms with Crippen LogP contribution in [0.15, 0.2) is 24.3 Å². The normalized spacial score (nSPS) is 21.4. The van der Waals surface area contributed by atoms with E-state index < -0.39 is 11.7 Å². The molecule has 0 spiro atoms. The fourth-order valence-electron chi connectivity index (χ4n) is 4.60. The van der Waals surface area contributed by atoms with Crippen LogP contribution in [0.25, 0.3) is 0 Å². The van der Waals surface area contributed by atoms with Gasteiger partial charge in [0.2, 0.25) is 0 Å². The summed E-state index contributed by atoms with van der Waals surface area (Å²) in [7, 11) is 0. The maximum atomic E-state index is 13.1. The first-order valence-corrected chi connectivity index (χ1v) is 11.3. The third kappa shape index (κ3) is 5.40. The van der Waals surface area contributed by atoms with E-state index in [1.165, 1.54) is 12.1 Å². The number of aromatic nitrogens is 4. The molecule has 4 rings (SSSR count). The summed E-state index contributed by atoms with van der Waals surface area (Å²) in [6.07, 6.45) is -1.19. The van der Waals surface area contributed by atoms with Crippen LogP contribution >= 0.6 is 0 Å². The van der Waals surface area contributed by atoms with Crippen LogP contribution in [-0.2, 0) is 17.5 Å². The number of halogens is 3. The van der Waals surface area contributed by atoms with Gasteiger partial charge >= 0.3 is 6.18 Å². The van der Waals surface area contributed by atoms with Gasteiger partial charge in [0.05, 0.1) is 24.3 Å². The molecule has 7 nitrogen and oxygen atoms in total. The number of nitrogens with zero attached hydrogens (tertiary/aromatic N) is 6. The molecule has 2 fully saturated rings. The Bertz CT molecular complexity index is 873. The maximum absolute atomic E-state index is 13.1. The summed E-state index contributed by atoms with van der Waals surface area (Å²) < 4.78 is 47.0. The molecule has 0 unspecified atom stereocenters. The van der Waals surface area contributed by atoms with E-state index >= 15 is 0 Å². The highest BCUT2D eigenvalue weighted by Crippen LogP contribution is 2.33. The van der Waals surface area contributed by atoms with Crippen LogP contribution in [0.1, 0.15) is 50.5 Å². The molecule has 0 radical (unpaired) electrons. The molecule has 1 aromatic heterocycles. The smallest absolute Gasteiger partial charge is 0.376 e. The van der Waals surface area contributed by atoms with Crippen molar-refractivity contribution in [3.05, 3.63) is 35.7 Å². The number of tetrazole rings is 1. The van der Waals surface area contributed by atoms with Crippen LogP contribution in [0, 0.1) is 5.92 Å². The molecule has 2 aliphatic rings. The van der Waals surface area contributed by atoms with Crippen LogP contribution < -0.4 is 4.90 Å². The minimum Gasteiger partial charge on any atom is -0.376 e. The van der Waals surface area contributed by atoms with E-state index in [0.29, 0.717) is 31.2 Å². The first-order valence-electron chi connectivity index (χ1n) is 11.3. The third-order valence-electron chi connectivity index (χ3n) is 6.25. The molecule has 32 heavy (non-hydrogen) atoms. The van der Waals surface area contributed by atoms with Gasteiger partial charge in [-0.25, -0.2) is 4.68 Å².